The summed E-state index contributed by atoms with van der Waals surface area (Å²) in [6.07, 6.45) is 8.05. The lowest BCUT2D eigenvalue weighted by Crippen LogP contribution is -2.37. The molecule has 0 spiro atoms. The molecule has 0 aromatic carbocycles. The van der Waals surface area contributed by atoms with Crippen LogP contribution < -0.4 is 5.32 Å². The normalized spacial score (nSPS) is 16.2. The molecule has 4 heterocycles. The monoisotopic (exact) mass is 380 g/mol. The molecule has 0 atom stereocenters. The van der Waals surface area contributed by atoms with Gasteiger partial charge in [0.1, 0.15) is 12.1 Å². The molecule has 2 aliphatic heterocycles. The first-order valence-corrected chi connectivity index (χ1v) is 9.76. The van der Waals surface area contributed by atoms with E-state index in [2.05, 4.69) is 20.3 Å². The van der Waals surface area contributed by atoms with Gasteiger partial charge >= 0.3 is 0 Å². The van der Waals surface area contributed by atoms with Gasteiger partial charge in [-0.15, -0.1) is 0 Å². The Morgan fingerprint density at radius 2 is 2.14 bits per heavy atom. The summed E-state index contributed by atoms with van der Waals surface area (Å²) < 4.78 is 0. The molecule has 28 heavy (non-hydrogen) atoms. The number of carbonyl (C=O) groups excluding carboxylic acids is 2. The maximum absolute atomic E-state index is 12.7. The van der Waals surface area contributed by atoms with Crippen LogP contribution in [0.15, 0.2) is 30.9 Å². The first kappa shape index (κ1) is 18.3. The van der Waals surface area contributed by atoms with Crippen molar-refractivity contribution in [3.63, 3.8) is 0 Å². The zero-order valence-corrected chi connectivity index (χ0v) is 15.8. The van der Waals surface area contributed by atoms with Crippen LogP contribution in [0.3, 0.4) is 0 Å². The lowest BCUT2D eigenvalue weighted by atomic mass is 10.0. The van der Waals surface area contributed by atoms with E-state index in [1.165, 1.54) is 0 Å². The fourth-order valence-corrected chi connectivity index (χ4v) is 3.77. The summed E-state index contributed by atoms with van der Waals surface area (Å²) >= 11 is 0. The zero-order valence-electron chi connectivity index (χ0n) is 15.8. The van der Waals surface area contributed by atoms with E-state index in [1.807, 2.05) is 4.90 Å². The number of nitrogens with one attached hydrogen (secondary N) is 1. The summed E-state index contributed by atoms with van der Waals surface area (Å²) in [4.78, 5) is 40.9. The number of hydrogen-bond acceptors (Lipinski definition) is 6. The number of anilines is 1. The maximum Gasteiger partial charge on any atom is 0.255 e. The van der Waals surface area contributed by atoms with Gasteiger partial charge in [-0.25, -0.2) is 9.97 Å². The van der Waals surface area contributed by atoms with E-state index in [4.69, 9.17) is 0 Å². The molecule has 0 aliphatic carbocycles. The second-order valence-corrected chi connectivity index (χ2v) is 7.13. The van der Waals surface area contributed by atoms with E-state index in [0.29, 0.717) is 25.1 Å². The van der Waals surface area contributed by atoms with E-state index < -0.39 is 0 Å². The summed E-state index contributed by atoms with van der Waals surface area (Å²) in [6.45, 7) is 3.52. The van der Waals surface area contributed by atoms with Crippen molar-refractivity contribution in [2.75, 3.05) is 31.5 Å². The Labute approximate surface area is 164 Å². The maximum atomic E-state index is 12.7. The molecule has 0 radical (unpaired) electrons. The number of aromatic nitrogens is 3. The van der Waals surface area contributed by atoms with E-state index in [0.717, 1.165) is 56.0 Å². The molecule has 2 aromatic rings. The van der Waals surface area contributed by atoms with Crippen LogP contribution >= 0.6 is 0 Å². The van der Waals surface area contributed by atoms with Crippen molar-refractivity contribution in [2.24, 2.45) is 0 Å². The van der Waals surface area contributed by atoms with Crippen LogP contribution in [-0.2, 0) is 17.8 Å². The number of nitrogens with zero attached hydrogens (tertiary/aromatic N) is 5. The highest BCUT2D eigenvalue weighted by atomic mass is 16.2. The van der Waals surface area contributed by atoms with Gasteiger partial charge in [-0.05, 0) is 31.4 Å². The van der Waals surface area contributed by atoms with Gasteiger partial charge in [0.05, 0.1) is 17.8 Å². The highest BCUT2D eigenvalue weighted by molar-refractivity contribution is 5.94. The summed E-state index contributed by atoms with van der Waals surface area (Å²) in [7, 11) is 0. The molecule has 2 amide bonds. The Balaban J connectivity index is 1.35. The number of carbonyl (C=O) groups is 2. The van der Waals surface area contributed by atoms with Gasteiger partial charge in [-0.2, -0.15) is 0 Å². The third-order valence-electron chi connectivity index (χ3n) is 5.27. The average Bonchev–Trinajstić information content (AvgIpc) is 3.15. The fraction of sp³-hybridized carbons (Fsp3) is 0.450. The number of pyridine rings is 1. The molecule has 4 rings (SSSR count). The summed E-state index contributed by atoms with van der Waals surface area (Å²) in [5, 5.41) is 3.38. The van der Waals surface area contributed by atoms with Crippen molar-refractivity contribution < 1.29 is 9.59 Å². The van der Waals surface area contributed by atoms with Gasteiger partial charge in [0.2, 0.25) is 5.91 Å². The minimum atomic E-state index is -0.0258. The second kappa shape index (κ2) is 8.33. The van der Waals surface area contributed by atoms with Crippen LogP contribution in [0.1, 0.15) is 40.9 Å². The predicted octanol–water partition coefficient (Wildman–Crippen LogP) is 1.49. The fourth-order valence-electron chi connectivity index (χ4n) is 3.77. The van der Waals surface area contributed by atoms with E-state index in [-0.39, 0.29) is 11.8 Å². The highest BCUT2D eigenvalue weighted by Gasteiger charge is 2.25. The van der Waals surface area contributed by atoms with Crippen LogP contribution in [0.5, 0.6) is 0 Å². The van der Waals surface area contributed by atoms with Crippen molar-refractivity contribution in [1.82, 2.24) is 24.8 Å². The lowest BCUT2D eigenvalue weighted by molar-refractivity contribution is -0.127. The standard InChI is InChI=1S/C20H24N6O2/c27-18-5-2-9-25(18)10-3-8-22-19-16-6-11-26(13-17(16)23-14-24-19)20(28)15-4-1-7-21-12-15/h1,4,7,12,14H,2-3,5-6,8-11,13H2,(H,22,23,24). The number of amides is 2. The molecule has 0 bridgehead atoms. The molecule has 1 fully saturated rings. The predicted molar refractivity (Wildman–Crippen MR) is 104 cm³/mol. The Morgan fingerprint density at radius 3 is 2.93 bits per heavy atom. The minimum Gasteiger partial charge on any atom is -0.370 e. The van der Waals surface area contributed by atoms with Crippen molar-refractivity contribution in [2.45, 2.75) is 32.2 Å². The third-order valence-corrected chi connectivity index (χ3v) is 5.27. The molecule has 0 unspecified atom stereocenters. The van der Waals surface area contributed by atoms with Gasteiger partial charge in [-0.3, -0.25) is 14.6 Å². The van der Waals surface area contributed by atoms with Crippen molar-refractivity contribution in [1.29, 1.82) is 0 Å². The SMILES string of the molecule is O=C1CCCN1CCCNc1ncnc2c1CCN(C(=O)c1cccnc1)C2. The van der Waals surface area contributed by atoms with Crippen molar-refractivity contribution >= 4 is 17.6 Å². The lowest BCUT2D eigenvalue weighted by Gasteiger charge is -2.29. The minimum absolute atomic E-state index is 0.0258. The molecule has 8 heteroatoms. The Morgan fingerprint density at radius 1 is 1.21 bits per heavy atom. The molecule has 8 nitrogen and oxygen atoms in total. The summed E-state index contributed by atoms with van der Waals surface area (Å²) in [5.74, 6) is 1.08. The quantitative estimate of drug-likeness (QED) is 0.764. The first-order valence-electron chi connectivity index (χ1n) is 9.76. The van der Waals surface area contributed by atoms with E-state index >= 15 is 0 Å². The number of likely N-dealkylation sites (tertiary alicyclic amines) is 1. The second-order valence-electron chi connectivity index (χ2n) is 7.13. The topological polar surface area (TPSA) is 91.3 Å². The molecular formula is C20H24N6O2. The van der Waals surface area contributed by atoms with Crippen LogP contribution in [0.25, 0.3) is 0 Å². The molecule has 1 N–H and O–H groups in total. The van der Waals surface area contributed by atoms with Gasteiger partial charge in [0.15, 0.2) is 0 Å². The van der Waals surface area contributed by atoms with Gasteiger partial charge in [-0.1, -0.05) is 0 Å². The van der Waals surface area contributed by atoms with E-state index in [1.54, 1.807) is 35.8 Å². The Hall–Kier alpha value is -3.03. The summed E-state index contributed by atoms with van der Waals surface area (Å²) in [5.41, 5.74) is 2.56. The average molecular weight is 380 g/mol. The molecule has 2 aliphatic rings. The van der Waals surface area contributed by atoms with Crippen LogP contribution in [-0.4, -0.2) is 62.7 Å². The van der Waals surface area contributed by atoms with Gasteiger partial charge < -0.3 is 15.1 Å². The number of fused-ring (bicyclic) bond motifs is 1. The Kier molecular flexibility index (Phi) is 5.45. The molecule has 2 aromatic heterocycles. The molecule has 1 saturated heterocycles. The largest absolute Gasteiger partial charge is 0.370 e. The highest BCUT2D eigenvalue weighted by Crippen LogP contribution is 2.23. The molecular weight excluding hydrogens is 356 g/mol. The molecule has 0 saturated carbocycles. The number of hydrogen-bond donors (Lipinski definition) is 1. The van der Waals surface area contributed by atoms with Crippen LogP contribution in [0.4, 0.5) is 5.82 Å². The van der Waals surface area contributed by atoms with Gasteiger partial charge in [0, 0.05) is 50.6 Å². The van der Waals surface area contributed by atoms with Gasteiger partial charge in [0.25, 0.3) is 5.91 Å². The third kappa shape index (κ3) is 3.95. The zero-order chi connectivity index (χ0) is 19.3. The first-order chi connectivity index (χ1) is 13.7. The molecule has 146 valence electrons. The van der Waals surface area contributed by atoms with Crippen LogP contribution in [0, 0.1) is 0 Å². The number of rotatable bonds is 6. The van der Waals surface area contributed by atoms with Crippen molar-refractivity contribution in [3.05, 3.63) is 47.7 Å². The van der Waals surface area contributed by atoms with E-state index in [9.17, 15) is 9.59 Å². The van der Waals surface area contributed by atoms with Crippen molar-refractivity contribution in [3.8, 4) is 0 Å². The Bertz CT molecular complexity index is 857. The smallest absolute Gasteiger partial charge is 0.255 e. The summed E-state index contributed by atoms with van der Waals surface area (Å²) in [6, 6.07) is 3.55. The van der Waals surface area contributed by atoms with Crippen LogP contribution in [0.2, 0.25) is 0 Å².